The number of hydrogen-bond donors (Lipinski definition) is 1. The van der Waals surface area contributed by atoms with Crippen molar-refractivity contribution in [1.82, 2.24) is 10.3 Å². The lowest BCUT2D eigenvalue weighted by Crippen LogP contribution is -2.42. The third kappa shape index (κ3) is 3.23. The zero-order valence-electron chi connectivity index (χ0n) is 12.2. The summed E-state index contributed by atoms with van der Waals surface area (Å²) in [4.78, 5) is 18.5. The molecule has 0 aliphatic carbocycles. The van der Waals surface area contributed by atoms with Crippen molar-refractivity contribution in [2.45, 2.75) is 52.9 Å². The lowest BCUT2D eigenvalue weighted by atomic mass is 9.71. The van der Waals surface area contributed by atoms with Crippen LogP contribution in [0.1, 0.15) is 48.2 Å². The van der Waals surface area contributed by atoms with Crippen molar-refractivity contribution in [2.75, 3.05) is 13.1 Å². The fourth-order valence-corrected chi connectivity index (χ4v) is 3.92. The molecule has 4 heteroatoms. The van der Waals surface area contributed by atoms with E-state index >= 15 is 0 Å². The maximum absolute atomic E-state index is 12.7. The number of nitrogens with zero attached hydrogens (tertiary/aromatic N) is 1. The van der Waals surface area contributed by atoms with Gasteiger partial charge in [-0.2, -0.15) is 0 Å². The van der Waals surface area contributed by atoms with E-state index in [1.54, 1.807) is 11.3 Å². The molecule has 1 aromatic heterocycles. The molecule has 0 bridgehead atoms. The second kappa shape index (κ2) is 6.14. The zero-order chi connectivity index (χ0) is 13.9. The summed E-state index contributed by atoms with van der Waals surface area (Å²) in [6.07, 6.45) is 4.61. The van der Waals surface area contributed by atoms with Gasteiger partial charge in [-0.1, -0.05) is 13.3 Å². The summed E-state index contributed by atoms with van der Waals surface area (Å²) in [5.41, 5.74) is 0.982. The number of Topliss-reactive ketones (excluding diaryl/α,β-unsaturated/α-hetero) is 1. The number of hydrogen-bond acceptors (Lipinski definition) is 4. The van der Waals surface area contributed by atoms with E-state index in [0.29, 0.717) is 12.2 Å². The van der Waals surface area contributed by atoms with E-state index in [9.17, 15) is 4.79 Å². The fraction of sp³-hybridized carbons (Fsp3) is 0.733. The van der Waals surface area contributed by atoms with E-state index in [1.807, 2.05) is 6.92 Å². The number of aryl methyl sites for hydroxylation is 2. The van der Waals surface area contributed by atoms with E-state index in [0.717, 1.165) is 49.5 Å². The Kier molecular flexibility index (Phi) is 4.74. The summed E-state index contributed by atoms with van der Waals surface area (Å²) in [5.74, 6) is 0.407. The van der Waals surface area contributed by atoms with Crippen LogP contribution in [0.2, 0.25) is 0 Å². The van der Waals surface area contributed by atoms with Gasteiger partial charge in [0.15, 0.2) is 0 Å². The molecule has 1 N–H and O–H groups in total. The third-order valence-corrected chi connectivity index (χ3v) is 5.34. The second-order valence-electron chi connectivity index (χ2n) is 5.63. The Morgan fingerprint density at radius 3 is 2.58 bits per heavy atom. The number of carbonyl (C=O) groups excluding carboxylic acids is 1. The Morgan fingerprint density at radius 1 is 1.37 bits per heavy atom. The first-order chi connectivity index (χ1) is 9.07. The van der Waals surface area contributed by atoms with E-state index in [4.69, 9.17) is 0 Å². The van der Waals surface area contributed by atoms with Gasteiger partial charge in [0.2, 0.25) is 0 Å². The summed E-state index contributed by atoms with van der Waals surface area (Å²) in [5, 5.41) is 4.36. The van der Waals surface area contributed by atoms with Crippen LogP contribution in [0, 0.1) is 19.3 Å². The fourth-order valence-electron chi connectivity index (χ4n) is 2.99. The van der Waals surface area contributed by atoms with Crippen LogP contribution in [0.4, 0.5) is 0 Å². The van der Waals surface area contributed by atoms with E-state index in [2.05, 4.69) is 24.1 Å². The Hall–Kier alpha value is -0.740. The highest BCUT2D eigenvalue weighted by atomic mass is 32.1. The van der Waals surface area contributed by atoms with Crippen LogP contribution in [-0.2, 0) is 11.2 Å². The first-order valence-electron chi connectivity index (χ1n) is 7.24. The molecule has 1 saturated heterocycles. The van der Waals surface area contributed by atoms with Gasteiger partial charge in [0.1, 0.15) is 10.8 Å². The number of piperidine rings is 1. The molecule has 0 radical (unpaired) electrons. The molecule has 19 heavy (non-hydrogen) atoms. The van der Waals surface area contributed by atoms with Crippen LogP contribution in [-0.4, -0.2) is 23.9 Å². The van der Waals surface area contributed by atoms with Crippen LogP contribution in [0.3, 0.4) is 0 Å². The molecule has 106 valence electrons. The van der Waals surface area contributed by atoms with Crippen molar-refractivity contribution >= 4 is 17.1 Å². The summed E-state index contributed by atoms with van der Waals surface area (Å²) in [7, 11) is 0. The highest BCUT2D eigenvalue weighted by Gasteiger charge is 2.38. The summed E-state index contributed by atoms with van der Waals surface area (Å²) >= 11 is 1.68. The highest BCUT2D eigenvalue weighted by Crippen LogP contribution is 2.36. The Balaban J connectivity index is 2.11. The molecule has 1 aliphatic heterocycles. The van der Waals surface area contributed by atoms with Crippen molar-refractivity contribution < 1.29 is 4.79 Å². The largest absolute Gasteiger partial charge is 0.317 e. The van der Waals surface area contributed by atoms with E-state index in [-0.39, 0.29) is 5.41 Å². The van der Waals surface area contributed by atoms with Crippen LogP contribution in [0.15, 0.2) is 0 Å². The molecule has 0 unspecified atom stereocenters. The molecular weight excluding hydrogens is 256 g/mol. The monoisotopic (exact) mass is 280 g/mol. The number of carbonyl (C=O) groups is 1. The predicted molar refractivity (Wildman–Crippen MR) is 79.7 cm³/mol. The topological polar surface area (TPSA) is 42.0 Å². The van der Waals surface area contributed by atoms with Gasteiger partial charge in [-0.05, 0) is 46.2 Å². The molecule has 0 saturated carbocycles. The number of thiazole rings is 1. The van der Waals surface area contributed by atoms with Gasteiger partial charge in [0.05, 0.1) is 12.1 Å². The van der Waals surface area contributed by atoms with E-state index in [1.165, 1.54) is 4.88 Å². The number of aromatic nitrogens is 1. The van der Waals surface area contributed by atoms with Crippen LogP contribution < -0.4 is 5.32 Å². The molecular formula is C15H24N2OS. The van der Waals surface area contributed by atoms with Crippen LogP contribution in [0.25, 0.3) is 0 Å². The third-order valence-electron chi connectivity index (χ3n) is 4.27. The average Bonchev–Trinajstić information content (AvgIpc) is 2.69. The van der Waals surface area contributed by atoms with E-state index < -0.39 is 0 Å². The van der Waals surface area contributed by atoms with Gasteiger partial charge in [0, 0.05) is 10.3 Å². The van der Waals surface area contributed by atoms with Crippen molar-refractivity contribution in [3.8, 4) is 0 Å². The lowest BCUT2D eigenvalue weighted by molar-refractivity contribution is -0.130. The standard InChI is InChI=1S/C15H24N2OS/c1-4-5-15(6-8-16-9-7-15)13(18)10-14-17-11(2)12(3)19-14/h16H,4-10H2,1-3H3. The first-order valence-corrected chi connectivity index (χ1v) is 8.06. The SMILES string of the molecule is CCCC1(C(=O)Cc2nc(C)c(C)s2)CCNCC1. The molecule has 0 amide bonds. The molecule has 0 atom stereocenters. The quantitative estimate of drug-likeness (QED) is 0.901. The zero-order valence-corrected chi connectivity index (χ0v) is 13.0. The van der Waals surface area contributed by atoms with Gasteiger partial charge in [-0.3, -0.25) is 4.79 Å². The molecule has 1 aliphatic rings. The average molecular weight is 280 g/mol. The summed E-state index contributed by atoms with van der Waals surface area (Å²) < 4.78 is 0. The molecule has 0 spiro atoms. The normalized spacial score (nSPS) is 18.5. The number of nitrogens with one attached hydrogen (secondary N) is 1. The van der Waals surface area contributed by atoms with Gasteiger partial charge >= 0.3 is 0 Å². The minimum atomic E-state index is -0.0898. The Bertz CT molecular complexity index is 422. The van der Waals surface area contributed by atoms with Gasteiger partial charge in [-0.25, -0.2) is 4.98 Å². The number of ketones is 1. The van der Waals surface area contributed by atoms with Crippen molar-refractivity contribution in [3.63, 3.8) is 0 Å². The van der Waals surface area contributed by atoms with Crippen molar-refractivity contribution in [3.05, 3.63) is 15.6 Å². The molecule has 2 heterocycles. The van der Waals surface area contributed by atoms with Crippen LogP contribution in [0.5, 0.6) is 0 Å². The summed E-state index contributed by atoms with van der Waals surface area (Å²) in [6, 6.07) is 0. The smallest absolute Gasteiger partial charge is 0.145 e. The maximum Gasteiger partial charge on any atom is 0.145 e. The minimum Gasteiger partial charge on any atom is -0.317 e. The molecule has 1 fully saturated rings. The van der Waals surface area contributed by atoms with Crippen molar-refractivity contribution in [1.29, 1.82) is 0 Å². The number of rotatable bonds is 5. The summed E-state index contributed by atoms with van der Waals surface area (Å²) in [6.45, 7) is 8.22. The molecule has 0 aromatic carbocycles. The molecule has 2 rings (SSSR count). The van der Waals surface area contributed by atoms with Gasteiger partial charge in [-0.15, -0.1) is 11.3 Å². The lowest BCUT2D eigenvalue weighted by Gasteiger charge is -2.36. The first kappa shape index (κ1) is 14.7. The maximum atomic E-state index is 12.7. The Morgan fingerprint density at radius 2 is 2.05 bits per heavy atom. The second-order valence-corrected chi connectivity index (χ2v) is 6.92. The van der Waals surface area contributed by atoms with Gasteiger partial charge in [0.25, 0.3) is 0 Å². The highest BCUT2D eigenvalue weighted by molar-refractivity contribution is 7.11. The Labute approximate surface area is 119 Å². The van der Waals surface area contributed by atoms with Crippen LogP contribution >= 0.6 is 11.3 Å². The minimum absolute atomic E-state index is 0.0898. The predicted octanol–water partition coefficient (Wildman–Crippen LogP) is 3.04. The van der Waals surface area contributed by atoms with Crippen molar-refractivity contribution in [2.24, 2.45) is 5.41 Å². The molecule has 3 nitrogen and oxygen atoms in total. The van der Waals surface area contributed by atoms with Gasteiger partial charge < -0.3 is 5.32 Å². The molecule has 1 aromatic rings.